The van der Waals surface area contributed by atoms with Crippen molar-refractivity contribution < 1.29 is 9.53 Å². The van der Waals surface area contributed by atoms with E-state index in [1.165, 1.54) is 19.3 Å². The number of hydrogen-bond donors (Lipinski definition) is 1. The van der Waals surface area contributed by atoms with Crippen LogP contribution in [0.4, 0.5) is 0 Å². The molecular weight excluding hydrogens is 178 g/mol. The lowest BCUT2D eigenvalue weighted by Crippen LogP contribution is -2.31. The predicted octanol–water partition coefficient (Wildman–Crippen LogP) is 2.24. The summed E-state index contributed by atoms with van der Waals surface area (Å²) < 4.78 is 5.13. The second kappa shape index (κ2) is 7.80. The highest BCUT2D eigenvalue weighted by Gasteiger charge is 2.12. The first-order valence-electron chi connectivity index (χ1n) is 5.54. The van der Waals surface area contributed by atoms with Crippen LogP contribution in [-0.2, 0) is 9.53 Å². The second-order valence-electron chi connectivity index (χ2n) is 3.89. The highest BCUT2D eigenvalue weighted by Crippen LogP contribution is 2.08. The third kappa shape index (κ3) is 6.89. The molecule has 0 radical (unpaired) electrons. The minimum absolute atomic E-state index is 0.00496. The minimum atomic E-state index is -0.506. The molecule has 2 N–H and O–H groups in total. The van der Waals surface area contributed by atoms with Crippen molar-refractivity contribution in [3.05, 3.63) is 0 Å². The van der Waals surface area contributed by atoms with Gasteiger partial charge in [-0.2, -0.15) is 0 Å². The summed E-state index contributed by atoms with van der Waals surface area (Å²) >= 11 is 0. The van der Waals surface area contributed by atoms with E-state index in [9.17, 15) is 4.79 Å². The molecule has 0 aromatic carbocycles. The number of nitrogens with two attached hydrogens (primary N) is 1. The van der Waals surface area contributed by atoms with Crippen LogP contribution in [0.25, 0.3) is 0 Å². The number of rotatable bonds is 7. The number of ether oxygens (including phenoxy) is 1. The first-order valence-corrected chi connectivity index (χ1v) is 5.54. The van der Waals surface area contributed by atoms with Crippen LogP contribution >= 0.6 is 0 Å². The SMILES string of the molecule is CCCCCC[C@@H](C)OC(=O)[C@@H](C)N. The average molecular weight is 201 g/mol. The first kappa shape index (κ1) is 13.4. The molecule has 0 heterocycles. The van der Waals surface area contributed by atoms with Crippen LogP contribution in [0.15, 0.2) is 0 Å². The van der Waals surface area contributed by atoms with Gasteiger partial charge in [0.1, 0.15) is 6.04 Å². The Morgan fingerprint density at radius 3 is 2.43 bits per heavy atom. The van der Waals surface area contributed by atoms with Gasteiger partial charge in [0.15, 0.2) is 0 Å². The van der Waals surface area contributed by atoms with E-state index in [0.29, 0.717) is 0 Å². The monoisotopic (exact) mass is 201 g/mol. The molecule has 0 bridgehead atoms. The third-order valence-corrected chi connectivity index (χ3v) is 2.15. The number of unbranched alkanes of at least 4 members (excludes halogenated alkanes) is 3. The zero-order valence-corrected chi connectivity index (χ0v) is 9.58. The van der Waals surface area contributed by atoms with E-state index in [2.05, 4.69) is 6.92 Å². The Kier molecular flexibility index (Phi) is 7.48. The molecule has 0 rings (SSSR count). The van der Waals surface area contributed by atoms with Gasteiger partial charge < -0.3 is 10.5 Å². The Labute approximate surface area is 87.0 Å². The van der Waals surface area contributed by atoms with E-state index in [4.69, 9.17) is 10.5 Å². The largest absolute Gasteiger partial charge is 0.462 e. The van der Waals surface area contributed by atoms with E-state index in [0.717, 1.165) is 12.8 Å². The van der Waals surface area contributed by atoms with Crippen molar-refractivity contribution in [1.82, 2.24) is 0 Å². The number of esters is 1. The van der Waals surface area contributed by atoms with Crippen LogP contribution in [-0.4, -0.2) is 18.1 Å². The summed E-state index contributed by atoms with van der Waals surface area (Å²) in [6, 6.07) is -0.506. The maximum atomic E-state index is 11.1. The molecule has 0 aromatic heterocycles. The molecule has 2 atom stereocenters. The Morgan fingerprint density at radius 2 is 1.93 bits per heavy atom. The Morgan fingerprint density at radius 1 is 1.29 bits per heavy atom. The minimum Gasteiger partial charge on any atom is -0.462 e. The van der Waals surface area contributed by atoms with Crippen molar-refractivity contribution >= 4 is 5.97 Å². The summed E-state index contributed by atoms with van der Waals surface area (Å²) in [5.41, 5.74) is 5.39. The molecular formula is C11H23NO2. The van der Waals surface area contributed by atoms with E-state index in [1.807, 2.05) is 6.92 Å². The van der Waals surface area contributed by atoms with Crippen molar-refractivity contribution in [2.45, 2.75) is 65.0 Å². The van der Waals surface area contributed by atoms with Gasteiger partial charge >= 0.3 is 5.97 Å². The molecule has 0 aliphatic carbocycles. The molecule has 0 spiro atoms. The summed E-state index contributed by atoms with van der Waals surface area (Å²) in [5.74, 6) is -0.298. The van der Waals surface area contributed by atoms with Crippen LogP contribution in [0.3, 0.4) is 0 Å². The van der Waals surface area contributed by atoms with Gasteiger partial charge in [0, 0.05) is 0 Å². The Hall–Kier alpha value is -0.570. The zero-order valence-electron chi connectivity index (χ0n) is 9.58. The standard InChI is InChI=1S/C11H23NO2/c1-4-5-6-7-8-9(2)14-11(13)10(3)12/h9-10H,4-8,12H2,1-3H3/t9-,10-/m1/s1. The van der Waals surface area contributed by atoms with Crippen molar-refractivity contribution in [3.63, 3.8) is 0 Å². The van der Waals surface area contributed by atoms with Crippen LogP contribution in [0, 0.1) is 0 Å². The molecule has 0 aliphatic heterocycles. The van der Waals surface area contributed by atoms with Crippen LogP contribution < -0.4 is 5.73 Å². The van der Waals surface area contributed by atoms with Gasteiger partial charge in [0.05, 0.1) is 6.10 Å². The van der Waals surface area contributed by atoms with Crippen LogP contribution in [0.1, 0.15) is 52.9 Å². The molecule has 0 fully saturated rings. The highest BCUT2D eigenvalue weighted by molar-refractivity contribution is 5.75. The number of hydrogen-bond acceptors (Lipinski definition) is 3. The lowest BCUT2D eigenvalue weighted by Gasteiger charge is -2.14. The van der Waals surface area contributed by atoms with Gasteiger partial charge in [-0.1, -0.05) is 26.2 Å². The molecule has 0 aromatic rings. The normalized spacial score (nSPS) is 14.9. The molecule has 0 aliphatic rings. The lowest BCUT2D eigenvalue weighted by atomic mass is 10.1. The van der Waals surface area contributed by atoms with Crippen molar-refractivity contribution in [3.8, 4) is 0 Å². The van der Waals surface area contributed by atoms with Gasteiger partial charge in [-0.05, 0) is 26.7 Å². The molecule has 3 heteroatoms. The topological polar surface area (TPSA) is 52.3 Å². The number of carbonyl (C=O) groups excluding carboxylic acids is 1. The molecule has 0 saturated carbocycles. The van der Waals surface area contributed by atoms with Crippen LogP contribution in [0.5, 0.6) is 0 Å². The molecule has 0 amide bonds. The van der Waals surface area contributed by atoms with Crippen molar-refractivity contribution in [2.24, 2.45) is 5.73 Å². The fourth-order valence-electron chi connectivity index (χ4n) is 1.22. The summed E-state index contributed by atoms with van der Waals surface area (Å²) in [6.45, 7) is 5.75. The van der Waals surface area contributed by atoms with Gasteiger partial charge in [0.25, 0.3) is 0 Å². The molecule has 0 unspecified atom stereocenters. The Balaban J connectivity index is 3.45. The van der Waals surface area contributed by atoms with Crippen LogP contribution in [0.2, 0.25) is 0 Å². The van der Waals surface area contributed by atoms with E-state index in [-0.39, 0.29) is 12.1 Å². The fourth-order valence-corrected chi connectivity index (χ4v) is 1.22. The quantitative estimate of drug-likeness (QED) is 0.507. The molecule has 84 valence electrons. The van der Waals surface area contributed by atoms with Crippen molar-refractivity contribution in [2.75, 3.05) is 0 Å². The third-order valence-electron chi connectivity index (χ3n) is 2.15. The summed E-state index contributed by atoms with van der Waals surface area (Å²) in [4.78, 5) is 11.1. The first-order chi connectivity index (χ1) is 6.57. The Bertz CT molecular complexity index is 157. The van der Waals surface area contributed by atoms with E-state index in [1.54, 1.807) is 6.92 Å². The molecule has 0 saturated heterocycles. The average Bonchev–Trinajstić information content (AvgIpc) is 2.12. The predicted molar refractivity (Wildman–Crippen MR) is 58.0 cm³/mol. The summed E-state index contributed by atoms with van der Waals surface area (Å²) in [7, 11) is 0. The maximum absolute atomic E-state index is 11.1. The smallest absolute Gasteiger partial charge is 0.322 e. The second-order valence-corrected chi connectivity index (χ2v) is 3.89. The fraction of sp³-hybridized carbons (Fsp3) is 0.909. The van der Waals surface area contributed by atoms with Gasteiger partial charge in [-0.15, -0.1) is 0 Å². The van der Waals surface area contributed by atoms with Crippen molar-refractivity contribution in [1.29, 1.82) is 0 Å². The molecule has 3 nitrogen and oxygen atoms in total. The van der Waals surface area contributed by atoms with E-state index >= 15 is 0 Å². The van der Waals surface area contributed by atoms with Gasteiger partial charge in [-0.25, -0.2) is 0 Å². The summed E-state index contributed by atoms with van der Waals surface area (Å²) in [6.07, 6.45) is 5.78. The summed E-state index contributed by atoms with van der Waals surface area (Å²) in [5, 5.41) is 0. The van der Waals surface area contributed by atoms with E-state index < -0.39 is 6.04 Å². The molecule has 14 heavy (non-hydrogen) atoms. The number of carbonyl (C=O) groups is 1. The maximum Gasteiger partial charge on any atom is 0.322 e. The highest BCUT2D eigenvalue weighted by atomic mass is 16.5. The zero-order chi connectivity index (χ0) is 11.0. The lowest BCUT2D eigenvalue weighted by molar-refractivity contribution is -0.149. The van der Waals surface area contributed by atoms with Gasteiger partial charge in [-0.3, -0.25) is 4.79 Å². The van der Waals surface area contributed by atoms with Gasteiger partial charge in [0.2, 0.25) is 0 Å².